The van der Waals surface area contributed by atoms with Gasteiger partial charge < -0.3 is 15.1 Å². The molecular formula is C17H13BrN6O2. The fraction of sp³-hybridized carbons (Fsp3) is 0.0588. The van der Waals surface area contributed by atoms with Crippen molar-refractivity contribution in [3.8, 4) is 0 Å². The minimum atomic E-state index is -0.482. The molecule has 0 spiro atoms. The van der Waals surface area contributed by atoms with E-state index in [1.807, 2.05) is 19.1 Å². The van der Waals surface area contributed by atoms with Gasteiger partial charge in [-0.25, -0.2) is 9.78 Å². The van der Waals surface area contributed by atoms with Crippen LogP contribution in [-0.2, 0) is 0 Å². The summed E-state index contributed by atoms with van der Waals surface area (Å²) in [7, 11) is 0. The highest BCUT2D eigenvalue weighted by Gasteiger charge is 2.07. The summed E-state index contributed by atoms with van der Waals surface area (Å²) >= 11 is 3.38. The number of anilines is 4. The van der Waals surface area contributed by atoms with Crippen molar-refractivity contribution in [3.63, 3.8) is 0 Å². The molecule has 3 aromatic heterocycles. The average molecular weight is 413 g/mol. The zero-order valence-electron chi connectivity index (χ0n) is 13.6. The molecule has 9 heteroatoms. The first-order valence-electron chi connectivity index (χ1n) is 7.68. The molecule has 3 N–H and O–H groups in total. The zero-order valence-corrected chi connectivity index (χ0v) is 15.2. The first kappa shape index (κ1) is 16.3. The molecule has 0 atom stereocenters. The monoisotopic (exact) mass is 412 g/mol. The lowest BCUT2D eigenvalue weighted by molar-refractivity contribution is 0.555. The first-order valence-corrected chi connectivity index (χ1v) is 8.47. The van der Waals surface area contributed by atoms with Crippen molar-refractivity contribution in [2.75, 3.05) is 10.6 Å². The molecule has 0 saturated heterocycles. The van der Waals surface area contributed by atoms with E-state index in [1.165, 1.54) is 0 Å². The summed E-state index contributed by atoms with van der Waals surface area (Å²) < 4.78 is 5.86. The summed E-state index contributed by atoms with van der Waals surface area (Å²) in [5.74, 6) is 0.607. The van der Waals surface area contributed by atoms with Crippen LogP contribution < -0.4 is 16.4 Å². The Labute approximate surface area is 155 Å². The van der Waals surface area contributed by atoms with Gasteiger partial charge >= 0.3 is 5.76 Å². The van der Waals surface area contributed by atoms with Crippen LogP contribution in [0.4, 0.5) is 23.1 Å². The maximum Gasteiger partial charge on any atom is 0.417 e. The van der Waals surface area contributed by atoms with Crippen molar-refractivity contribution in [1.82, 2.24) is 19.9 Å². The Balaban J connectivity index is 1.61. The van der Waals surface area contributed by atoms with Crippen molar-refractivity contribution in [2.45, 2.75) is 6.92 Å². The van der Waals surface area contributed by atoms with Gasteiger partial charge in [-0.1, -0.05) is 0 Å². The molecule has 0 unspecified atom stereocenters. The van der Waals surface area contributed by atoms with E-state index in [2.05, 4.69) is 46.5 Å². The molecule has 0 aliphatic carbocycles. The first-order chi connectivity index (χ1) is 12.6. The molecule has 1 aromatic carbocycles. The molecule has 0 radical (unpaired) electrons. The van der Waals surface area contributed by atoms with Crippen LogP contribution in [0.15, 0.2) is 56.5 Å². The Morgan fingerprint density at radius 1 is 1.12 bits per heavy atom. The van der Waals surface area contributed by atoms with E-state index in [4.69, 9.17) is 4.42 Å². The van der Waals surface area contributed by atoms with Crippen LogP contribution in [0.5, 0.6) is 0 Å². The van der Waals surface area contributed by atoms with E-state index >= 15 is 0 Å². The molecule has 4 rings (SSSR count). The lowest BCUT2D eigenvalue weighted by Gasteiger charge is -2.11. The van der Waals surface area contributed by atoms with Crippen molar-refractivity contribution in [1.29, 1.82) is 0 Å². The number of H-pyrrole nitrogens is 1. The van der Waals surface area contributed by atoms with Crippen LogP contribution in [0.3, 0.4) is 0 Å². The fourth-order valence-electron chi connectivity index (χ4n) is 2.40. The molecule has 0 aliphatic heterocycles. The third kappa shape index (κ3) is 3.42. The molecule has 0 aliphatic rings. The molecule has 0 bridgehead atoms. The average Bonchev–Trinajstić information content (AvgIpc) is 2.97. The summed E-state index contributed by atoms with van der Waals surface area (Å²) in [5, 5.41) is 6.35. The van der Waals surface area contributed by atoms with Crippen LogP contribution in [0.25, 0.3) is 11.1 Å². The van der Waals surface area contributed by atoms with Crippen molar-refractivity contribution in [2.24, 2.45) is 0 Å². The van der Waals surface area contributed by atoms with Gasteiger partial charge in [-0.15, -0.1) is 0 Å². The molecular weight excluding hydrogens is 400 g/mol. The highest BCUT2D eigenvalue weighted by Crippen LogP contribution is 2.23. The molecule has 3 heterocycles. The normalized spacial score (nSPS) is 10.8. The standard InChI is InChI=1S/C17H13BrN6O2/c1-9-6-20-16(22-12-4-10(18)7-19-8-12)24-15(9)21-11-2-3-14-13(5-11)23-17(25)26-14/h2-8H,1H3,(H,23,25)(H2,20,21,22,24). The maximum absolute atomic E-state index is 11.3. The molecule has 8 nitrogen and oxygen atoms in total. The molecule has 4 aromatic rings. The second-order valence-corrected chi connectivity index (χ2v) is 6.51. The van der Waals surface area contributed by atoms with E-state index in [0.29, 0.717) is 22.9 Å². The highest BCUT2D eigenvalue weighted by atomic mass is 79.9. The second kappa shape index (κ2) is 6.60. The van der Waals surface area contributed by atoms with Crippen molar-refractivity contribution in [3.05, 3.63) is 63.4 Å². The number of halogens is 1. The smallest absolute Gasteiger partial charge is 0.408 e. The number of pyridine rings is 1. The van der Waals surface area contributed by atoms with E-state index < -0.39 is 5.76 Å². The van der Waals surface area contributed by atoms with Crippen molar-refractivity contribution >= 4 is 50.2 Å². The number of nitrogens with zero attached hydrogens (tertiary/aromatic N) is 3. The Hall–Kier alpha value is -3.20. The van der Waals surface area contributed by atoms with Gasteiger partial charge in [0.15, 0.2) is 5.58 Å². The fourth-order valence-corrected chi connectivity index (χ4v) is 2.77. The minimum absolute atomic E-state index is 0.441. The lowest BCUT2D eigenvalue weighted by Crippen LogP contribution is -2.03. The van der Waals surface area contributed by atoms with E-state index in [-0.39, 0.29) is 0 Å². The highest BCUT2D eigenvalue weighted by molar-refractivity contribution is 9.10. The Morgan fingerprint density at radius 3 is 2.85 bits per heavy atom. The number of hydrogen-bond acceptors (Lipinski definition) is 7. The third-order valence-corrected chi connectivity index (χ3v) is 4.05. The predicted octanol–water partition coefficient (Wildman–Crippen LogP) is 3.86. The summed E-state index contributed by atoms with van der Waals surface area (Å²) in [5.41, 5.74) is 3.54. The predicted molar refractivity (Wildman–Crippen MR) is 102 cm³/mol. The maximum atomic E-state index is 11.3. The topological polar surface area (TPSA) is 109 Å². The van der Waals surface area contributed by atoms with Gasteiger partial charge in [0.2, 0.25) is 5.95 Å². The van der Waals surface area contributed by atoms with Crippen LogP contribution in [-0.4, -0.2) is 19.9 Å². The Bertz CT molecular complexity index is 1150. The number of nitrogens with one attached hydrogen (secondary N) is 3. The number of fused-ring (bicyclic) bond motifs is 1. The van der Waals surface area contributed by atoms with E-state index in [9.17, 15) is 4.79 Å². The van der Waals surface area contributed by atoms with Gasteiger partial charge in [0.1, 0.15) is 5.82 Å². The Kier molecular flexibility index (Phi) is 4.13. The number of aromatic amines is 1. The number of oxazole rings is 1. The molecule has 26 heavy (non-hydrogen) atoms. The summed E-state index contributed by atoms with van der Waals surface area (Å²) in [6.07, 6.45) is 5.11. The van der Waals surface area contributed by atoms with Crippen LogP contribution in [0, 0.1) is 6.92 Å². The SMILES string of the molecule is Cc1cnc(Nc2cncc(Br)c2)nc1Nc1ccc2oc(=O)[nH]c2c1. The van der Waals surface area contributed by atoms with Gasteiger partial charge in [0, 0.05) is 28.1 Å². The van der Waals surface area contributed by atoms with Crippen molar-refractivity contribution < 1.29 is 4.42 Å². The van der Waals surface area contributed by atoms with E-state index in [0.717, 1.165) is 21.4 Å². The summed E-state index contributed by atoms with van der Waals surface area (Å²) in [6.45, 7) is 1.91. The van der Waals surface area contributed by atoms with Crippen LogP contribution in [0.1, 0.15) is 5.56 Å². The number of aryl methyl sites for hydroxylation is 1. The van der Waals surface area contributed by atoms with Gasteiger partial charge in [0.05, 0.1) is 17.4 Å². The van der Waals surface area contributed by atoms with Gasteiger partial charge in [-0.3, -0.25) is 9.97 Å². The van der Waals surface area contributed by atoms with E-state index in [1.54, 1.807) is 30.7 Å². The second-order valence-electron chi connectivity index (χ2n) is 5.59. The molecule has 0 fully saturated rings. The number of hydrogen-bond donors (Lipinski definition) is 3. The quantitative estimate of drug-likeness (QED) is 0.466. The Morgan fingerprint density at radius 2 is 2.00 bits per heavy atom. The number of aromatic nitrogens is 4. The molecule has 0 saturated carbocycles. The van der Waals surface area contributed by atoms with Crippen LogP contribution in [0.2, 0.25) is 0 Å². The van der Waals surface area contributed by atoms with Gasteiger partial charge in [-0.05, 0) is 47.1 Å². The summed E-state index contributed by atoms with van der Waals surface area (Å²) in [6, 6.07) is 7.20. The lowest BCUT2D eigenvalue weighted by atomic mass is 10.2. The molecule has 0 amide bonds. The molecule has 130 valence electrons. The largest absolute Gasteiger partial charge is 0.417 e. The minimum Gasteiger partial charge on any atom is -0.408 e. The van der Waals surface area contributed by atoms with Gasteiger partial charge in [-0.2, -0.15) is 4.98 Å². The number of benzene rings is 1. The van der Waals surface area contributed by atoms with Crippen LogP contribution >= 0.6 is 15.9 Å². The zero-order chi connectivity index (χ0) is 18.1. The number of rotatable bonds is 4. The third-order valence-electron chi connectivity index (χ3n) is 3.61. The summed E-state index contributed by atoms with van der Waals surface area (Å²) in [4.78, 5) is 26.8. The van der Waals surface area contributed by atoms with Gasteiger partial charge in [0.25, 0.3) is 0 Å².